The van der Waals surface area contributed by atoms with Crippen molar-refractivity contribution < 1.29 is 14.9 Å². The Morgan fingerprint density at radius 2 is 1.04 bits per heavy atom. The highest BCUT2D eigenvalue weighted by Crippen LogP contribution is 2.52. The van der Waals surface area contributed by atoms with Gasteiger partial charge in [-0.1, -0.05) is 55.4 Å². The Morgan fingerprint density at radius 3 is 1.35 bits per heavy atom. The summed E-state index contributed by atoms with van der Waals surface area (Å²) in [6, 6.07) is 7.54. The molecule has 0 atom stereocenters. The molecule has 2 aromatic rings. The molecule has 140 valence electrons. The van der Waals surface area contributed by atoms with Crippen molar-refractivity contribution in [3.63, 3.8) is 0 Å². The first-order valence-corrected chi connectivity index (χ1v) is 9.16. The van der Waals surface area contributed by atoms with E-state index in [2.05, 4.69) is 55.4 Å². The van der Waals surface area contributed by atoms with E-state index in [1.165, 1.54) is 0 Å². The summed E-state index contributed by atoms with van der Waals surface area (Å²) < 4.78 is 6.27. The van der Waals surface area contributed by atoms with Crippen LogP contribution in [0.25, 0.3) is 0 Å². The Hall–Kier alpha value is -2.16. The molecule has 0 spiro atoms. The zero-order chi connectivity index (χ0) is 19.7. The van der Waals surface area contributed by atoms with Crippen LogP contribution >= 0.6 is 0 Å². The van der Waals surface area contributed by atoms with Gasteiger partial charge in [0.05, 0.1) is 0 Å². The Balaban J connectivity index is 2.24. The molecule has 0 saturated heterocycles. The number of benzene rings is 2. The van der Waals surface area contributed by atoms with Crippen LogP contribution in [0.3, 0.4) is 0 Å². The highest BCUT2D eigenvalue weighted by Gasteiger charge is 2.37. The van der Waals surface area contributed by atoms with Crippen LogP contribution in [-0.2, 0) is 16.2 Å². The predicted molar refractivity (Wildman–Crippen MR) is 106 cm³/mol. The molecule has 3 nitrogen and oxygen atoms in total. The maximum Gasteiger partial charge on any atom is 0.132 e. The van der Waals surface area contributed by atoms with Gasteiger partial charge in [0.25, 0.3) is 0 Å². The third-order valence-corrected chi connectivity index (χ3v) is 5.38. The number of hydrogen-bond donors (Lipinski definition) is 2. The van der Waals surface area contributed by atoms with Crippen LogP contribution in [0.5, 0.6) is 23.0 Å². The van der Waals surface area contributed by atoms with Gasteiger partial charge >= 0.3 is 0 Å². The number of fused-ring (bicyclic) bond motifs is 2. The summed E-state index contributed by atoms with van der Waals surface area (Å²) in [5, 5.41) is 21.2. The van der Waals surface area contributed by atoms with Gasteiger partial charge in [-0.2, -0.15) is 0 Å². The van der Waals surface area contributed by atoms with E-state index in [9.17, 15) is 10.2 Å². The van der Waals surface area contributed by atoms with E-state index in [-0.39, 0.29) is 27.7 Å². The number of phenolic OH excluding ortho intramolecular Hbond substituents is 2. The fourth-order valence-corrected chi connectivity index (χ4v) is 3.75. The van der Waals surface area contributed by atoms with Gasteiger partial charge in [-0.05, 0) is 35.1 Å². The molecule has 0 aromatic heterocycles. The van der Waals surface area contributed by atoms with Crippen molar-refractivity contribution in [2.75, 3.05) is 0 Å². The summed E-state index contributed by atoms with van der Waals surface area (Å²) in [7, 11) is 0. The van der Waals surface area contributed by atoms with Crippen molar-refractivity contribution in [1.82, 2.24) is 0 Å². The quantitative estimate of drug-likeness (QED) is 0.599. The third kappa shape index (κ3) is 2.84. The van der Waals surface area contributed by atoms with Crippen molar-refractivity contribution in [1.29, 1.82) is 0 Å². The van der Waals surface area contributed by atoms with Crippen molar-refractivity contribution >= 4 is 0 Å². The minimum atomic E-state index is -0.384. The lowest BCUT2D eigenvalue weighted by Gasteiger charge is -2.37. The summed E-state index contributed by atoms with van der Waals surface area (Å²) in [6.07, 6.45) is 0. The molecule has 2 N–H and O–H groups in total. The summed E-state index contributed by atoms with van der Waals surface area (Å²) in [5.41, 5.74) is 2.84. The fourth-order valence-electron chi connectivity index (χ4n) is 3.75. The summed E-state index contributed by atoms with van der Waals surface area (Å²) in [6.45, 7) is 16.6. The molecule has 0 radical (unpaired) electrons. The van der Waals surface area contributed by atoms with Crippen LogP contribution in [0.1, 0.15) is 77.6 Å². The first kappa shape index (κ1) is 18.6. The molecule has 3 rings (SSSR count). The van der Waals surface area contributed by atoms with E-state index in [1.54, 1.807) is 0 Å². The second-order valence-corrected chi connectivity index (χ2v) is 9.96. The predicted octanol–water partition coefficient (Wildman–Crippen LogP) is 6.12. The zero-order valence-corrected chi connectivity index (χ0v) is 17.1. The van der Waals surface area contributed by atoms with Gasteiger partial charge in [-0.3, -0.25) is 0 Å². The van der Waals surface area contributed by atoms with E-state index >= 15 is 0 Å². The lowest BCUT2D eigenvalue weighted by molar-refractivity contribution is 0.393. The minimum Gasteiger partial charge on any atom is -0.508 e. The van der Waals surface area contributed by atoms with Gasteiger partial charge < -0.3 is 14.9 Å². The van der Waals surface area contributed by atoms with Crippen LogP contribution < -0.4 is 4.74 Å². The molecule has 0 amide bonds. The third-order valence-electron chi connectivity index (χ3n) is 5.38. The summed E-state index contributed by atoms with van der Waals surface area (Å²) in [5.74, 6) is 2.12. The fraction of sp³-hybridized carbons (Fsp3) is 0.478. The maximum absolute atomic E-state index is 10.6. The number of ether oxygens (including phenoxy) is 1. The second kappa shape index (κ2) is 5.42. The van der Waals surface area contributed by atoms with Crippen molar-refractivity contribution in [2.24, 2.45) is 0 Å². The molecule has 0 fully saturated rings. The molecule has 2 aromatic carbocycles. The zero-order valence-electron chi connectivity index (χ0n) is 17.1. The SMILES string of the molecule is CC(C)(C)c1cc2c(cc1O)C(C)(C)c1cc(O)c(C(C)(C)C)cc1O2. The van der Waals surface area contributed by atoms with Crippen molar-refractivity contribution in [3.05, 3.63) is 46.5 Å². The van der Waals surface area contributed by atoms with E-state index in [1.807, 2.05) is 24.3 Å². The van der Waals surface area contributed by atoms with Gasteiger partial charge in [0.1, 0.15) is 23.0 Å². The highest BCUT2D eigenvalue weighted by atomic mass is 16.5. The lowest BCUT2D eigenvalue weighted by atomic mass is 9.73. The smallest absolute Gasteiger partial charge is 0.132 e. The van der Waals surface area contributed by atoms with E-state index < -0.39 is 0 Å². The van der Waals surface area contributed by atoms with Gasteiger partial charge in [-0.15, -0.1) is 0 Å². The second-order valence-electron chi connectivity index (χ2n) is 9.96. The number of hydrogen-bond acceptors (Lipinski definition) is 3. The molecular weight excluding hydrogens is 324 g/mol. The number of phenols is 2. The van der Waals surface area contributed by atoms with Gasteiger partial charge in [-0.25, -0.2) is 0 Å². The Kier molecular flexibility index (Phi) is 3.88. The average Bonchev–Trinajstić information content (AvgIpc) is 2.46. The van der Waals surface area contributed by atoms with Crippen LogP contribution in [-0.4, -0.2) is 10.2 Å². The molecule has 1 heterocycles. The van der Waals surface area contributed by atoms with E-state index in [0.29, 0.717) is 0 Å². The van der Waals surface area contributed by atoms with E-state index in [4.69, 9.17) is 4.74 Å². The molecule has 1 aliphatic rings. The van der Waals surface area contributed by atoms with Crippen molar-refractivity contribution in [2.45, 2.75) is 71.6 Å². The van der Waals surface area contributed by atoms with Crippen LogP contribution in [0.2, 0.25) is 0 Å². The highest BCUT2D eigenvalue weighted by molar-refractivity contribution is 5.63. The first-order chi connectivity index (χ1) is 11.7. The van der Waals surface area contributed by atoms with Crippen LogP contribution in [0.4, 0.5) is 0 Å². The van der Waals surface area contributed by atoms with E-state index in [0.717, 1.165) is 33.8 Å². The minimum absolute atomic E-state index is 0.182. The van der Waals surface area contributed by atoms with Crippen LogP contribution in [0.15, 0.2) is 24.3 Å². The van der Waals surface area contributed by atoms with Gasteiger partial charge in [0, 0.05) is 27.7 Å². The van der Waals surface area contributed by atoms with Gasteiger partial charge in [0.15, 0.2) is 0 Å². The molecular formula is C23H30O3. The van der Waals surface area contributed by atoms with Crippen molar-refractivity contribution in [3.8, 4) is 23.0 Å². The molecule has 0 aliphatic carbocycles. The number of aromatic hydroxyl groups is 2. The topological polar surface area (TPSA) is 49.7 Å². The average molecular weight is 354 g/mol. The Bertz CT molecular complexity index is 806. The summed E-state index contributed by atoms with van der Waals surface area (Å²) in [4.78, 5) is 0. The Labute approximate surface area is 156 Å². The maximum atomic E-state index is 10.6. The molecule has 0 unspecified atom stereocenters. The molecule has 26 heavy (non-hydrogen) atoms. The monoisotopic (exact) mass is 354 g/mol. The molecule has 0 saturated carbocycles. The van der Waals surface area contributed by atoms with Gasteiger partial charge in [0.2, 0.25) is 0 Å². The van der Waals surface area contributed by atoms with Crippen LogP contribution in [0, 0.1) is 0 Å². The lowest BCUT2D eigenvalue weighted by Crippen LogP contribution is -2.26. The number of rotatable bonds is 0. The molecule has 0 bridgehead atoms. The molecule has 3 heteroatoms. The molecule has 1 aliphatic heterocycles. The normalized spacial score (nSPS) is 15.8. The summed E-state index contributed by atoms with van der Waals surface area (Å²) >= 11 is 0. The standard InChI is InChI=1S/C23H30O3/c1-21(2,3)13-11-19-15(9-17(13)24)23(7,8)16-10-18(25)14(22(4,5)6)12-20(16)26-19/h9-12,24-25H,1-8H3. The first-order valence-electron chi connectivity index (χ1n) is 9.16. The Morgan fingerprint density at radius 1 is 0.692 bits per heavy atom. The largest absolute Gasteiger partial charge is 0.508 e.